The van der Waals surface area contributed by atoms with E-state index in [1.165, 1.54) is 83.7 Å². The summed E-state index contributed by atoms with van der Waals surface area (Å²) in [6.07, 6.45) is 19.0. The molecule has 0 amide bonds. The van der Waals surface area contributed by atoms with E-state index in [0.717, 1.165) is 12.2 Å². The second-order valence-electron chi connectivity index (χ2n) is 9.52. The van der Waals surface area contributed by atoms with Crippen molar-refractivity contribution in [2.24, 2.45) is 5.41 Å². The normalized spacial score (nSPS) is 16.6. The third-order valence-electron chi connectivity index (χ3n) is 7.05. The largest absolute Gasteiger partial charge is 0.298 e. The molecular formula is C23H42N4. The topological polar surface area (TPSA) is 41.9 Å². The molecule has 27 heavy (non-hydrogen) atoms. The van der Waals surface area contributed by atoms with E-state index in [2.05, 4.69) is 47.5 Å². The highest BCUT2D eigenvalue weighted by Crippen LogP contribution is 2.41. The molecule has 0 spiro atoms. The third-order valence-corrected chi connectivity index (χ3v) is 7.05. The molecular weight excluding hydrogens is 332 g/mol. The number of piperidine rings is 1. The van der Waals surface area contributed by atoms with Gasteiger partial charge >= 0.3 is 0 Å². The molecule has 1 aliphatic rings. The number of unbranched alkanes of at least 4 members (excludes halogenated alkanes) is 6. The highest BCUT2D eigenvalue weighted by Gasteiger charge is 2.41. The molecule has 0 radical (unpaired) electrons. The maximum Gasteiger partial charge on any atom is 0.131 e. The Hall–Kier alpha value is -1.03. The van der Waals surface area contributed by atoms with Crippen molar-refractivity contribution < 1.29 is 0 Å². The fraction of sp³-hybridized carbons (Fsp3) is 0.870. The molecule has 0 saturated carbocycles. The average molecular weight is 375 g/mol. The van der Waals surface area contributed by atoms with Gasteiger partial charge in [0.2, 0.25) is 0 Å². The number of aromatic nitrogens is 3. The van der Waals surface area contributed by atoms with E-state index in [4.69, 9.17) is 0 Å². The first-order chi connectivity index (χ1) is 12.9. The van der Waals surface area contributed by atoms with Crippen LogP contribution in [0.3, 0.4) is 0 Å². The minimum Gasteiger partial charge on any atom is -0.298 e. The molecule has 1 aliphatic heterocycles. The van der Waals surface area contributed by atoms with Crippen molar-refractivity contribution in [2.45, 2.75) is 110 Å². The molecule has 0 bridgehead atoms. The first kappa shape index (κ1) is 22.3. The van der Waals surface area contributed by atoms with Gasteiger partial charge in [-0.2, -0.15) is 0 Å². The number of hydrogen-bond acceptors (Lipinski definition) is 4. The van der Waals surface area contributed by atoms with Crippen LogP contribution in [0.25, 0.3) is 0 Å². The number of aryl methyl sites for hydroxylation is 1. The number of nitrogens with zero attached hydrogens (tertiary/aromatic N) is 4. The van der Waals surface area contributed by atoms with Gasteiger partial charge in [-0.1, -0.05) is 58.8 Å². The van der Waals surface area contributed by atoms with Crippen LogP contribution in [0.2, 0.25) is 0 Å². The van der Waals surface area contributed by atoms with Crippen molar-refractivity contribution in [3.63, 3.8) is 0 Å². The maximum absolute atomic E-state index is 4.19. The minimum absolute atomic E-state index is 0.308. The zero-order valence-corrected chi connectivity index (χ0v) is 18.3. The fourth-order valence-electron chi connectivity index (χ4n) is 4.31. The van der Waals surface area contributed by atoms with Gasteiger partial charge in [0.1, 0.15) is 18.5 Å². The molecule has 1 fully saturated rings. The zero-order valence-electron chi connectivity index (χ0n) is 18.3. The lowest BCUT2D eigenvalue weighted by Gasteiger charge is -2.51. The van der Waals surface area contributed by atoms with Gasteiger partial charge in [0.25, 0.3) is 0 Å². The van der Waals surface area contributed by atoms with Gasteiger partial charge in [0.15, 0.2) is 0 Å². The molecule has 0 atom stereocenters. The first-order valence-electron chi connectivity index (χ1n) is 11.3. The van der Waals surface area contributed by atoms with E-state index in [-0.39, 0.29) is 0 Å². The molecule has 4 nitrogen and oxygen atoms in total. The maximum atomic E-state index is 4.19. The van der Waals surface area contributed by atoms with Gasteiger partial charge in [-0.05, 0) is 58.0 Å². The molecule has 0 unspecified atom stereocenters. The summed E-state index contributed by atoms with van der Waals surface area (Å²) < 4.78 is 0. The van der Waals surface area contributed by atoms with Crippen molar-refractivity contribution >= 4 is 0 Å². The van der Waals surface area contributed by atoms with Crippen molar-refractivity contribution in [1.29, 1.82) is 0 Å². The Morgan fingerprint density at radius 2 is 1.33 bits per heavy atom. The van der Waals surface area contributed by atoms with Gasteiger partial charge in [0.05, 0.1) is 0 Å². The lowest BCUT2D eigenvalue weighted by Crippen LogP contribution is -2.55. The van der Waals surface area contributed by atoms with Gasteiger partial charge < -0.3 is 0 Å². The molecule has 0 aromatic carbocycles. The van der Waals surface area contributed by atoms with Crippen LogP contribution in [0.15, 0.2) is 12.7 Å². The van der Waals surface area contributed by atoms with Crippen molar-refractivity contribution in [3.8, 4) is 0 Å². The number of rotatable bonds is 12. The summed E-state index contributed by atoms with van der Waals surface area (Å²) >= 11 is 0. The molecule has 0 N–H and O–H groups in total. The summed E-state index contributed by atoms with van der Waals surface area (Å²) in [5.41, 5.74) is 0.692. The SMILES string of the molecule is CC(C)(CCCCCCCCCc1ncncn1)C(C)(C)N1CCCCC1. The Bertz CT molecular complexity index is 506. The van der Waals surface area contributed by atoms with E-state index in [1.54, 1.807) is 12.7 Å². The Morgan fingerprint density at radius 1 is 0.778 bits per heavy atom. The summed E-state index contributed by atoms with van der Waals surface area (Å²) in [6, 6.07) is 0. The summed E-state index contributed by atoms with van der Waals surface area (Å²) in [5.74, 6) is 0.934. The molecule has 1 aromatic rings. The lowest BCUT2D eigenvalue weighted by atomic mass is 9.69. The number of likely N-dealkylation sites (tertiary alicyclic amines) is 1. The summed E-state index contributed by atoms with van der Waals surface area (Å²) in [6.45, 7) is 12.5. The van der Waals surface area contributed by atoms with Crippen LogP contribution in [0.4, 0.5) is 0 Å². The number of hydrogen-bond donors (Lipinski definition) is 0. The molecule has 154 valence electrons. The van der Waals surface area contributed by atoms with Crippen LogP contribution in [0.5, 0.6) is 0 Å². The Morgan fingerprint density at radius 3 is 1.96 bits per heavy atom. The summed E-state index contributed by atoms with van der Waals surface area (Å²) in [5, 5.41) is 0. The van der Waals surface area contributed by atoms with Crippen molar-refractivity contribution in [2.75, 3.05) is 13.1 Å². The predicted octanol–water partition coefficient (Wildman–Crippen LogP) is 5.83. The van der Waals surface area contributed by atoms with E-state index in [9.17, 15) is 0 Å². The molecule has 0 aliphatic carbocycles. The molecule has 4 heteroatoms. The van der Waals surface area contributed by atoms with Gasteiger partial charge in [-0.15, -0.1) is 0 Å². The monoisotopic (exact) mass is 374 g/mol. The van der Waals surface area contributed by atoms with E-state index in [0.29, 0.717) is 11.0 Å². The lowest BCUT2D eigenvalue weighted by molar-refractivity contribution is -0.00780. The second-order valence-corrected chi connectivity index (χ2v) is 9.52. The second kappa shape index (κ2) is 11.1. The smallest absolute Gasteiger partial charge is 0.131 e. The van der Waals surface area contributed by atoms with Crippen LogP contribution >= 0.6 is 0 Å². The van der Waals surface area contributed by atoms with Gasteiger partial charge in [0, 0.05) is 12.0 Å². The third kappa shape index (κ3) is 7.14. The minimum atomic E-state index is 0.308. The van der Waals surface area contributed by atoms with Crippen LogP contribution in [0.1, 0.15) is 104 Å². The quantitative estimate of drug-likeness (QED) is 0.432. The first-order valence-corrected chi connectivity index (χ1v) is 11.3. The van der Waals surface area contributed by atoms with E-state index < -0.39 is 0 Å². The van der Waals surface area contributed by atoms with Gasteiger partial charge in [-0.3, -0.25) is 4.90 Å². The molecule has 1 saturated heterocycles. The Kier molecular flexibility index (Phi) is 9.14. The molecule has 2 rings (SSSR count). The fourth-order valence-corrected chi connectivity index (χ4v) is 4.31. The summed E-state index contributed by atoms with van der Waals surface area (Å²) in [7, 11) is 0. The van der Waals surface area contributed by atoms with Crippen molar-refractivity contribution in [1.82, 2.24) is 19.9 Å². The van der Waals surface area contributed by atoms with Gasteiger partial charge in [-0.25, -0.2) is 15.0 Å². The van der Waals surface area contributed by atoms with E-state index >= 15 is 0 Å². The summed E-state index contributed by atoms with van der Waals surface area (Å²) in [4.78, 5) is 15.0. The Labute approximate surface area is 167 Å². The van der Waals surface area contributed by atoms with Crippen LogP contribution in [-0.4, -0.2) is 38.5 Å². The molecule has 2 heterocycles. The van der Waals surface area contributed by atoms with E-state index in [1.807, 2.05) is 0 Å². The predicted molar refractivity (Wildman–Crippen MR) is 114 cm³/mol. The average Bonchev–Trinajstić information content (AvgIpc) is 2.68. The van der Waals surface area contributed by atoms with Crippen LogP contribution in [0, 0.1) is 5.41 Å². The molecule has 1 aromatic heterocycles. The highest BCUT2D eigenvalue weighted by atomic mass is 15.2. The van der Waals surface area contributed by atoms with Crippen LogP contribution in [-0.2, 0) is 6.42 Å². The zero-order chi connectivity index (χ0) is 19.6. The van der Waals surface area contributed by atoms with Crippen molar-refractivity contribution in [3.05, 3.63) is 18.5 Å². The van der Waals surface area contributed by atoms with Crippen LogP contribution < -0.4 is 0 Å². The Balaban J connectivity index is 1.53. The highest BCUT2D eigenvalue weighted by molar-refractivity contribution is 4.95. The standard InChI is InChI=1S/C23H42N4/c1-22(2,23(3,4)27-17-13-10-14-18-27)16-12-9-7-5-6-8-11-15-21-25-19-24-20-26-21/h19-20H,5-18H2,1-4H3.